The van der Waals surface area contributed by atoms with Gasteiger partial charge in [-0.3, -0.25) is 4.98 Å². The molecule has 1 heterocycles. The molecule has 0 fully saturated rings. The highest BCUT2D eigenvalue weighted by Gasteiger charge is 2.72. The van der Waals surface area contributed by atoms with Gasteiger partial charge in [-0.05, 0) is 22.9 Å². The van der Waals surface area contributed by atoms with Crippen LogP contribution in [0, 0.1) is 0 Å². The minimum absolute atomic E-state index is 0.0853. The Labute approximate surface area is 139 Å². The first-order valence-corrected chi connectivity index (χ1v) is 7.26. The van der Waals surface area contributed by atoms with Crippen molar-refractivity contribution in [3.8, 4) is 0 Å². The van der Waals surface area contributed by atoms with E-state index in [4.69, 9.17) is 0 Å². The van der Waals surface area contributed by atoms with Gasteiger partial charge in [0.15, 0.2) is 0 Å². The van der Waals surface area contributed by atoms with Gasteiger partial charge < -0.3 is 5.11 Å². The van der Waals surface area contributed by atoms with E-state index in [1.807, 2.05) is 0 Å². The summed E-state index contributed by atoms with van der Waals surface area (Å²) in [5.41, 5.74) is -5.02. The summed E-state index contributed by atoms with van der Waals surface area (Å²) in [4.78, 5) is 3.58. The summed E-state index contributed by atoms with van der Waals surface area (Å²) in [6, 6.07) is 13.5. The van der Waals surface area contributed by atoms with Gasteiger partial charge in [0.1, 0.15) is 0 Å². The van der Waals surface area contributed by atoms with E-state index in [0.29, 0.717) is 5.39 Å². The average molecular weight is 353 g/mol. The maximum atomic E-state index is 14.5. The number of hydrogen-bond donors (Lipinski definition) is 1. The van der Waals surface area contributed by atoms with Gasteiger partial charge in [-0.15, -0.1) is 0 Å². The molecule has 1 atom stereocenters. The van der Waals surface area contributed by atoms with Crippen LogP contribution in [0.5, 0.6) is 0 Å². The highest BCUT2D eigenvalue weighted by Crippen LogP contribution is 2.52. The van der Waals surface area contributed by atoms with Crippen LogP contribution >= 0.6 is 0 Å². The first-order valence-electron chi connectivity index (χ1n) is 7.26. The van der Waals surface area contributed by atoms with Crippen LogP contribution in [-0.2, 0) is 5.60 Å². The van der Waals surface area contributed by atoms with E-state index in [2.05, 4.69) is 4.98 Å². The Morgan fingerprint density at radius 2 is 1.40 bits per heavy atom. The van der Waals surface area contributed by atoms with Crippen molar-refractivity contribution in [3.05, 3.63) is 78.1 Å². The second kappa shape index (κ2) is 5.77. The monoisotopic (exact) mass is 353 g/mol. The van der Waals surface area contributed by atoms with Crippen LogP contribution < -0.4 is 0 Å². The van der Waals surface area contributed by atoms with Crippen molar-refractivity contribution in [2.24, 2.45) is 0 Å². The summed E-state index contributed by atoms with van der Waals surface area (Å²) in [5.74, 6) is -5.46. The third kappa shape index (κ3) is 2.55. The molecule has 0 amide bonds. The summed E-state index contributed by atoms with van der Waals surface area (Å²) < 4.78 is 68.4. The second-order valence-corrected chi connectivity index (χ2v) is 5.52. The first kappa shape index (κ1) is 17.3. The number of alkyl halides is 5. The molecular formula is C18H12F5NO. The number of benzene rings is 2. The molecule has 3 rings (SSSR count). The van der Waals surface area contributed by atoms with E-state index in [1.54, 1.807) is 18.2 Å². The molecule has 1 aromatic heterocycles. The highest BCUT2D eigenvalue weighted by molar-refractivity contribution is 5.87. The van der Waals surface area contributed by atoms with E-state index in [0.717, 1.165) is 18.3 Å². The van der Waals surface area contributed by atoms with Crippen molar-refractivity contribution in [3.63, 3.8) is 0 Å². The summed E-state index contributed by atoms with van der Waals surface area (Å²) in [5, 5.41) is 11.3. The number of aromatic nitrogens is 1. The Kier molecular flexibility index (Phi) is 3.99. The minimum atomic E-state index is -5.98. The summed E-state index contributed by atoms with van der Waals surface area (Å²) in [6.45, 7) is 0. The standard InChI is InChI=1S/C18H12F5NO/c19-17(20,18(21,22)23)16(25,15-10-3-4-11-24-15)14-9-5-7-12-6-1-2-8-13(12)14/h1-11,25H. The number of aliphatic hydroxyl groups is 1. The average Bonchev–Trinajstić information content (AvgIpc) is 2.60. The Hall–Kier alpha value is -2.54. The molecule has 0 saturated heterocycles. The fourth-order valence-corrected chi connectivity index (χ4v) is 2.79. The Morgan fingerprint density at radius 1 is 0.760 bits per heavy atom. The van der Waals surface area contributed by atoms with Gasteiger partial charge in [-0.1, -0.05) is 48.5 Å². The summed E-state index contributed by atoms with van der Waals surface area (Å²) >= 11 is 0. The molecule has 3 aromatic rings. The van der Waals surface area contributed by atoms with Crippen molar-refractivity contribution < 1.29 is 27.1 Å². The Morgan fingerprint density at radius 3 is 2.04 bits per heavy atom. The van der Waals surface area contributed by atoms with Crippen LogP contribution in [0.25, 0.3) is 10.8 Å². The largest absolute Gasteiger partial charge is 0.457 e. The maximum Gasteiger partial charge on any atom is 0.457 e. The lowest BCUT2D eigenvalue weighted by molar-refractivity contribution is -0.337. The Balaban J connectivity index is 2.40. The van der Waals surface area contributed by atoms with Crippen LogP contribution in [0.3, 0.4) is 0 Å². The second-order valence-electron chi connectivity index (χ2n) is 5.52. The molecule has 0 aliphatic heterocycles. The number of pyridine rings is 1. The highest BCUT2D eigenvalue weighted by atomic mass is 19.4. The molecular weight excluding hydrogens is 341 g/mol. The van der Waals surface area contributed by atoms with E-state index < -0.39 is 29.0 Å². The minimum Gasteiger partial charge on any atom is -0.373 e. The van der Waals surface area contributed by atoms with Crippen LogP contribution in [0.15, 0.2) is 66.9 Å². The van der Waals surface area contributed by atoms with E-state index in [9.17, 15) is 27.1 Å². The van der Waals surface area contributed by atoms with Crippen LogP contribution in [0.4, 0.5) is 22.0 Å². The molecule has 2 nitrogen and oxygen atoms in total. The van der Waals surface area contributed by atoms with Crippen molar-refractivity contribution in [2.75, 3.05) is 0 Å². The van der Waals surface area contributed by atoms with Gasteiger partial charge in [-0.25, -0.2) is 0 Å². The van der Waals surface area contributed by atoms with Crippen LogP contribution in [-0.4, -0.2) is 22.2 Å². The third-order valence-electron chi connectivity index (χ3n) is 4.03. The van der Waals surface area contributed by atoms with E-state index in [-0.39, 0.29) is 5.39 Å². The topological polar surface area (TPSA) is 33.1 Å². The first-order chi connectivity index (χ1) is 11.7. The van der Waals surface area contributed by atoms with E-state index >= 15 is 0 Å². The molecule has 1 N–H and O–H groups in total. The predicted octanol–water partition coefficient (Wildman–Crippen LogP) is 4.67. The number of fused-ring (bicyclic) bond motifs is 1. The fraction of sp³-hybridized carbons (Fsp3) is 0.167. The van der Waals surface area contributed by atoms with Gasteiger partial charge in [0, 0.05) is 11.8 Å². The van der Waals surface area contributed by atoms with Crippen molar-refractivity contribution in [2.45, 2.75) is 17.7 Å². The lowest BCUT2D eigenvalue weighted by Gasteiger charge is -2.37. The van der Waals surface area contributed by atoms with Crippen LogP contribution in [0.1, 0.15) is 11.3 Å². The quantitative estimate of drug-likeness (QED) is 0.694. The third-order valence-corrected chi connectivity index (χ3v) is 4.03. The lowest BCUT2D eigenvalue weighted by atomic mass is 9.81. The predicted molar refractivity (Wildman–Crippen MR) is 82.2 cm³/mol. The molecule has 130 valence electrons. The van der Waals surface area contributed by atoms with Gasteiger partial charge >= 0.3 is 12.1 Å². The number of nitrogens with zero attached hydrogens (tertiary/aromatic N) is 1. The number of rotatable bonds is 3. The van der Waals surface area contributed by atoms with Gasteiger partial charge in [0.2, 0.25) is 5.60 Å². The molecule has 0 aliphatic carbocycles. The lowest BCUT2D eigenvalue weighted by Crippen LogP contribution is -2.56. The molecule has 1 unspecified atom stereocenters. The summed E-state index contributed by atoms with van der Waals surface area (Å²) in [7, 11) is 0. The number of halogens is 5. The molecule has 2 aromatic carbocycles. The zero-order valence-electron chi connectivity index (χ0n) is 12.6. The molecule has 0 bridgehead atoms. The smallest absolute Gasteiger partial charge is 0.373 e. The van der Waals surface area contributed by atoms with Gasteiger partial charge in [0.25, 0.3) is 0 Å². The van der Waals surface area contributed by atoms with Gasteiger partial charge in [-0.2, -0.15) is 22.0 Å². The molecule has 0 spiro atoms. The molecule has 25 heavy (non-hydrogen) atoms. The fourth-order valence-electron chi connectivity index (χ4n) is 2.79. The SMILES string of the molecule is OC(c1ccccn1)(c1cccc2ccccc12)C(F)(F)C(F)(F)F. The van der Waals surface area contributed by atoms with Crippen molar-refractivity contribution in [1.29, 1.82) is 0 Å². The van der Waals surface area contributed by atoms with Crippen molar-refractivity contribution in [1.82, 2.24) is 4.98 Å². The molecule has 7 heteroatoms. The number of hydrogen-bond acceptors (Lipinski definition) is 2. The molecule has 0 aliphatic rings. The zero-order valence-corrected chi connectivity index (χ0v) is 12.6. The van der Waals surface area contributed by atoms with E-state index in [1.165, 1.54) is 30.3 Å². The van der Waals surface area contributed by atoms with Crippen molar-refractivity contribution >= 4 is 10.8 Å². The molecule has 0 radical (unpaired) electrons. The Bertz CT molecular complexity index is 889. The van der Waals surface area contributed by atoms with Crippen LogP contribution in [0.2, 0.25) is 0 Å². The van der Waals surface area contributed by atoms with Gasteiger partial charge in [0.05, 0.1) is 5.69 Å². The molecule has 0 saturated carbocycles. The maximum absolute atomic E-state index is 14.5. The summed E-state index contributed by atoms with van der Waals surface area (Å²) in [6.07, 6.45) is -4.92. The normalized spacial score (nSPS) is 15.1. The zero-order chi connectivity index (χ0) is 18.3.